The number of allylic oxidation sites excluding steroid dienone is 2. The van der Waals surface area contributed by atoms with Crippen molar-refractivity contribution in [1.82, 2.24) is 9.69 Å². The fourth-order valence-corrected chi connectivity index (χ4v) is 14.0. The second-order valence-electron chi connectivity index (χ2n) is 14.7. The van der Waals surface area contributed by atoms with Crippen molar-refractivity contribution in [2.45, 2.75) is 0 Å². The molecule has 0 radical (unpaired) electrons. The van der Waals surface area contributed by atoms with Crippen LogP contribution in [0.15, 0.2) is 231 Å². The molecule has 3 heterocycles. The number of fused-ring (bicyclic) bond motifs is 6. The molecule has 8 aromatic carbocycles. The molecule has 0 saturated carbocycles. The number of hydrogen-bond donors (Lipinski definition) is 0. The smallest absolute Gasteiger partial charge is 0.179 e. The molecule has 0 spiro atoms. The van der Waals surface area contributed by atoms with E-state index in [9.17, 15) is 0 Å². The number of nitrogens with zero attached hydrogens (tertiary/aromatic N) is 4. The Morgan fingerprint density at radius 2 is 0.895 bits per heavy atom. The highest BCUT2D eigenvalue weighted by molar-refractivity contribution is 7.20. The van der Waals surface area contributed by atoms with Crippen LogP contribution in [0.1, 0.15) is 0 Å². The molecule has 0 fully saturated rings. The van der Waals surface area contributed by atoms with E-state index in [0.717, 1.165) is 22.7 Å². The zero-order valence-electron chi connectivity index (χ0n) is 31.2. The molecule has 0 atom stereocenters. The molecule has 1 aromatic heterocycles. The number of benzene rings is 8. The lowest BCUT2D eigenvalue weighted by molar-refractivity contribution is 0.408. The normalized spacial score (nSPS) is 13.4. The van der Waals surface area contributed by atoms with Crippen molar-refractivity contribution in [3.05, 3.63) is 231 Å². The van der Waals surface area contributed by atoms with Gasteiger partial charge >= 0.3 is 0 Å². The first-order valence-electron chi connectivity index (χ1n) is 19.5. The largest absolute Gasteiger partial charge is 0.309 e. The molecule has 0 amide bonds. The van der Waals surface area contributed by atoms with Crippen LogP contribution in [0.3, 0.4) is 0 Å². The van der Waals surface area contributed by atoms with E-state index in [4.69, 9.17) is 0 Å². The van der Waals surface area contributed by atoms with E-state index < -0.39 is 8.07 Å². The van der Waals surface area contributed by atoms with E-state index in [-0.39, 0.29) is 0 Å². The maximum atomic E-state index is 2.45. The van der Waals surface area contributed by atoms with Gasteiger partial charge in [0.2, 0.25) is 0 Å². The van der Waals surface area contributed by atoms with Crippen molar-refractivity contribution in [2.24, 2.45) is 0 Å². The monoisotopic (exact) mass is 746 g/mol. The summed E-state index contributed by atoms with van der Waals surface area (Å²) < 4.78 is 2.39. The van der Waals surface area contributed by atoms with Crippen molar-refractivity contribution < 1.29 is 0 Å². The molecule has 270 valence electrons. The van der Waals surface area contributed by atoms with Gasteiger partial charge in [-0.25, -0.2) is 10.0 Å². The fraction of sp³-hybridized carbons (Fsp3) is 0. The highest BCUT2D eigenvalue weighted by Gasteiger charge is 2.43. The average molecular weight is 747 g/mol. The van der Waals surface area contributed by atoms with Gasteiger partial charge in [0.25, 0.3) is 0 Å². The van der Waals surface area contributed by atoms with Crippen LogP contribution in [0.25, 0.3) is 38.6 Å². The summed E-state index contributed by atoms with van der Waals surface area (Å²) in [4.78, 5) is 0. The third kappa shape index (κ3) is 5.20. The van der Waals surface area contributed by atoms with Crippen molar-refractivity contribution in [2.75, 3.05) is 10.0 Å². The molecular formula is C52H38N4Si. The third-order valence-corrected chi connectivity index (χ3v) is 16.3. The van der Waals surface area contributed by atoms with Gasteiger partial charge in [-0.15, -0.1) is 0 Å². The molecule has 0 unspecified atom stereocenters. The van der Waals surface area contributed by atoms with Crippen LogP contribution in [0.5, 0.6) is 0 Å². The highest BCUT2D eigenvalue weighted by atomic mass is 28.3. The van der Waals surface area contributed by atoms with Crippen LogP contribution < -0.4 is 30.8 Å². The minimum absolute atomic E-state index is 1.10. The molecule has 11 rings (SSSR count). The predicted molar refractivity (Wildman–Crippen MR) is 241 cm³/mol. The summed E-state index contributed by atoms with van der Waals surface area (Å²) in [7, 11) is -2.87. The summed E-state index contributed by atoms with van der Waals surface area (Å²) in [5.74, 6) is 0. The van der Waals surface area contributed by atoms with Gasteiger partial charge in [-0.1, -0.05) is 164 Å². The highest BCUT2D eigenvalue weighted by Crippen LogP contribution is 2.46. The number of aromatic nitrogens is 1. The summed E-state index contributed by atoms with van der Waals surface area (Å²) in [6.45, 7) is 0. The maximum absolute atomic E-state index is 2.87. The molecule has 4 nitrogen and oxygen atoms in total. The SMILES string of the molecule is C1=CN2c3cc(-n4c5ccccc5c5ccccc54)ccc3N(c3cccc([Si](c4ccccc4)(c4ccccc4)c4cccc(-c5ccccc5)c4)c3)N2C=C1. The van der Waals surface area contributed by atoms with Gasteiger partial charge in [0.15, 0.2) is 8.07 Å². The van der Waals surface area contributed by atoms with Gasteiger partial charge in [0.1, 0.15) is 0 Å². The van der Waals surface area contributed by atoms with Crippen molar-refractivity contribution >= 4 is 67.7 Å². The Hall–Kier alpha value is -7.34. The predicted octanol–water partition coefficient (Wildman–Crippen LogP) is 9.96. The zero-order valence-corrected chi connectivity index (χ0v) is 32.2. The number of rotatable bonds is 7. The molecule has 2 aliphatic heterocycles. The van der Waals surface area contributed by atoms with E-state index in [2.05, 4.69) is 251 Å². The van der Waals surface area contributed by atoms with Crippen LogP contribution in [-0.2, 0) is 0 Å². The quantitative estimate of drug-likeness (QED) is 0.119. The summed E-state index contributed by atoms with van der Waals surface area (Å²) in [6, 6.07) is 76.0. The van der Waals surface area contributed by atoms with Gasteiger partial charge < -0.3 is 4.57 Å². The van der Waals surface area contributed by atoms with Crippen LogP contribution in [0.4, 0.5) is 17.1 Å². The Labute approximate surface area is 333 Å². The van der Waals surface area contributed by atoms with E-state index in [0.29, 0.717) is 0 Å². The summed E-state index contributed by atoms with van der Waals surface area (Å²) >= 11 is 0. The van der Waals surface area contributed by atoms with Crippen LogP contribution in [0, 0.1) is 0 Å². The lowest BCUT2D eigenvalue weighted by Gasteiger charge is -2.37. The fourth-order valence-electron chi connectivity index (χ4n) is 9.14. The van der Waals surface area contributed by atoms with Crippen molar-refractivity contribution in [3.8, 4) is 16.8 Å². The van der Waals surface area contributed by atoms with Gasteiger partial charge in [-0.2, -0.15) is 5.12 Å². The maximum Gasteiger partial charge on any atom is 0.179 e. The minimum Gasteiger partial charge on any atom is -0.309 e. The number of hydrazine groups is 2. The first-order valence-corrected chi connectivity index (χ1v) is 21.5. The Balaban J connectivity index is 1.11. The lowest BCUT2D eigenvalue weighted by Crippen LogP contribution is -2.74. The van der Waals surface area contributed by atoms with E-state index in [1.54, 1.807) is 0 Å². The molecule has 0 bridgehead atoms. The second kappa shape index (κ2) is 13.4. The van der Waals surface area contributed by atoms with E-state index >= 15 is 0 Å². The molecule has 0 aliphatic carbocycles. The van der Waals surface area contributed by atoms with Crippen LogP contribution in [-0.4, -0.2) is 17.8 Å². The minimum atomic E-state index is -2.87. The third-order valence-electron chi connectivity index (χ3n) is 11.6. The second-order valence-corrected chi connectivity index (χ2v) is 18.5. The number of anilines is 3. The standard InChI is InChI=1S/C52H38N4Si/c1-4-18-39(19-5-1)40-20-16-26-45(36-40)57(43-22-6-2-7-23-43,44-24-8-3-9-25-44)46-27-17-21-42(37-46)56-51-33-32-41(38-52(51)53-34-14-15-35-54(53)56)55-49-30-12-10-28-47(49)48-29-11-13-31-50(48)55/h1-38H. The summed E-state index contributed by atoms with van der Waals surface area (Å²) in [6.07, 6.45) is 8.51. The van der Waals surface area contributed by atoms with E-state index in [1.165, 1.54) is 53.7 Å². The molecule has 9 aromatic rings. The summed E-state index contributed by atoms with van der Waals surface area (Å²) in [5.41, 5.74) is 9.30. The number of hydrogen-bond acceptors (Lipinski definition) is 3. The molecule has 5 heteroatoms. The first kappa shape index (κ1) is 33.0. The van der Waals surface area contributed by atoms with Crippen molar-refractivity contribution in [1.29, 1.82) is 0 Å². The Kier molecular flexibility index (Phi) is 7.79. The van der Waals surface area contributed by atoms with Gasteiger partial charge in [0, 0.05) is 28.9 Å². The number of para-hydroxylation sites is 2. The first-order chi connectivity index (χ1) is 28.3. The lowest BCUT2D eigenvalue weighted by atomic mass is 10.1. The Morgan fingerprint density at radius 3 is 1.58 bits per heavy atom. The topological polar surface area (TPSA) is 14.7 Å². The summed E-state index contributed by atoms with van der Waals surface area (Å²) in [5, 5.41) is 14.7. The average Bonchev–Trinajstić information content (AvgIpc) is 3.81. The van der Waals surface area contributed by atoms with Crippen molar-refractivity contribution in [3.63, 3.8) is 0 Å². The molecule has 0 saturated heterocycles. The molecular weight excluding hydrogens is 709 g/mol. The molecule has 57 heavy (non-hydrogen) atoms. The zero-order chi connectivity index (χ0) is 37.8. The van der Waals surface area contributed by atoms with Gasteiger partial charge in [-0.3, -0.25) is 0 Å². The van der Waals surface area contributed by atoms with Crippen LogP contribution >= 0.6 is 0 Å². The Morgan fingerprint density at radius 1 is 0.351 bits per heavy atom. The molecule has 0 N–H and O–H groups in total. The van der Waals surface area contributed by atoms with Gasteiger partial charge in [-0.05, 0) is 86.5 Å². The Bertz CT molecular complexity index is 2900. The molecule has 2 aliphatic rings. The van der Waals surface area contributed by atoms with E-state index in [1.807, 2.05) is 0 Å². The van der Waals surface area contributed by atoms with Crippen LogP contribution in [0.2, 0.25) is 0 Å². The van der Waals surface area contributed by atoms with Gasteiger partial charge in [0.05, 0.1) is 28.1 Å².